The maximum absolute atomic E-state index is 12.1. The lowest BCUT2D eigenvalue weighted by molar-refractivity contribution is -0.385. The number of esters is 1. The molecule has 2 rings (SSSR count). The van der Waals surface area contributed by atoms with Crippen LogP contribution < -0.4 is 5.32 Å². The van der Waals surface area contributed by atoms with Crippen LogP contribution in [-0.2, 0) is 14.3 Å². The summed E-state index contributed by atoms with van der Waals surface area (Å²) < 4.78 is 4.99. The molecule has 0 unspecified atom stereocenters. The lowest BCUT2D eigenvalue weighted by atomic mass is 10.1. The molecule has 0 saturated carbocycles. The van der Waals surface area contributed by atoms with Crippen molar-refractivity contribution < 1.29 is 19.2 Å². The number of hydrogen-bond donors (Lipinski definition) is 1. The molecule has 0 radical (unpaired) electrons. The van der Waals surface area contributed by atoms with Crippen LogP contribution in [0.3, 0.4) is 0 Å². The molecule has 0 fully saturated rings. The molecule has 0 aromatic heterocycles. The lowest BCUT2D eigenvalue weighted by Crippen LogP contribution is -2.29. The first-order valence-corrected chi connectivity index (χ1v) is 8.41. The van der Waals surface area contributed by atoms with Crippen molar-refractivity contribution in [2.75, 3.05) is 5.32 Å². The van der Waals surface area contributed by atoms with Crippen LogP contribution >= 0.6 is 23.2 Å². The van der Waals surface area contributed by atoms with Gasteiger partial charge in [-0.2, -0.15) is 0 Å². The van der Waals surface area contributed by atoms with Crippen LogP contribution in [0.5, 0.6) is 0 Å². The van der Waals surface area contributed by atoms with E-state index in [0.29, 0.717) is 10.7 Å². The summed E-state index contributed by atoms with van der Waals surface area (Å²) in [7, 11) is 0. The number of nitro groups is 1. The first-order valence-electron chi connectivity index (χ1n) is 7.66. The van der Waals surface area contributed by atoms with Gasteiger partial charge in [0.15, 0.2) is 6.10 Å². The van der Waals surface area contributed by atoms with Crippen molar-refractivity contribution in [2.45, 2.75) is 13.0 Å². The molecule has 0 heterocycles. The SMILES string of the molecule is C[C@@H](OC(=O)/C=C/c1ccccc1[N+](=O)[O-])C(=O)Nc1ccc(Cl)cc1Cl. The van der Waals surface area contributed by atoms with Gasteiger partial charge < -0.3 is 10.1 Å². The van der Waals surface area contributed by atoms with Crippen LogP contribution in [0.2, 0.25) is 10.0 Å². The predicted octanol–water partition coefficient (Wildman–Crippen LogP) is 4.49. The summed E-state index contributed by atoms with van der Waals surface area (Å²) in [5, 5.41) is 14.1. The highest BCUT2D eigenvalue weighted by Crippen LogP contribution is 2.25. The zero-order chi connectivity index (χ0) is 20.0. The minimum absolute atomic E-state index is 0.148. The van der Waals surface area contributed by atoms with E-state index in [0.717, 1.165) is 6.08 Å². The number of halogens is 2. The second-order valence-electron chi connectivity index (χ2n) is 5.34. The number of para-hydroxylation sites is 1. The Morgan fingerprint density at radius 3 is 2.59 bits per heavy atom. The third kappa shape index (κ3) is 5.80. The minimum atomic E-state index is -1.11. The molecule has 1 amide bonds. The summed E-state index contributed by atoms with van der Waals surface area (Å²) in [6, 6.07) is 10.5. The smallest absolute Gasteiger partial charge is 0.331 e. The fourth-order valence-electron chi connectivity index (χ4n) is 2.04. The molecule has 0 aliphatic heterocycles. The normalized spacial score (nSPS) is 11.8. The van der Waals surface area contributed by atoms with Crippen molar-refractivity contribution in [1.82, 2.24) is 0 Å². The number of carbonyl (C=O) groups excluding carboxylic acids is 2. The molecule has 1 N–H and O–H groups in total. The summed E-state index contributed by atoms with van der Waals surface area (Å²) in [6.07, 6.45) is 1.15. The van der Waals surface area contributed by atoms with Crippen LogP contribution in [0.25, 0.3) is 6.08 Å². The molecular formula is C18H14Cl2N2O5. The standard InChI is InChI=1S/C18H14Cl2N2O5/c1-11(18(24)21-15-8-7-13(19)10-14(15)20)27-17(23)9-6-12-4-2-3-5-16(12)22(25)26/h2-11H,1H3,(H,21,24)/b9-6+/t11-/m1/s1. The van der Waals surface area contributed by atoms with Gasteiger partial charge in [0.1, 0.15) is 0 Å². The van der Waals surface area contributed by atoms with Gasteiger partial charge in [-0.1, -0.05) is 35.3 Å². The second-order valence-corrected chi connectivity index (χ2v) is 6.19. The van der Waals surface area contributed by atoms with Gasteiger partial charge in [-0.25, -0.2) is 4.79 Å². The number of amides is 1. The van der Waals surface area contributed by atoms with E-state index < -0.39 is 22.9 Å². The summed E-state index contributed by atoms with van der Waals surface area (Å²) in [4.78, 5) is 34.4. The van der Waals surface area contributed by atoms with Crippen LogP contribution in [0, 0.1) is 10.1 Å². The Hall–Kier alpha value is -2.90. The van der Waals surface area contributed by atoms with Crippen molar-refractivity contribution in [2.24, 2.45) is 0 Å². The van der Waals surface area contributed by atoms with Gasteiger partial charge in [0.25, 0.3) is 11.6 Å². The summed E-state index contributed by atoms with van der Waals surface area (Å²) in [6.45, 7) is 1.38. The maximum atomic E-state index is 12.1. The molecule has 9 heteroatoms. The van der Waals surface area contributed by atoms with Crippen LogP contribution in [0.4, 0.5) is 11.4 Å². The van der Waals surface area contributed by atoms with Crippen LogP contribution in [0.1, 0.15) is 12.5 Å². The quantitative estimate of drug-likeness (QED) is 0.328. The van der Waals surface area contributed by atoms with Crippen molar-refractivity contribution in [3.05, 3.63) is 74.3 Å². The third-order valence-electron chi connectivity index (χ3n) is 3.38. The first kappa shape index (κ1) is 20.4. The Morgan fingerprint density at radius 2 is 1.93 bits per heavy atom. The molecule has 2 aromatic rings. The second kappa shape index (κ2) is 9.16. The topological polar surface area (TPSA) is 98.5 Å². The zero-order valence-corrected chi connectivity index (χ0v) is 15.5. The number of hydrogen-bond acceptors (Lipinski definition) is 5. The number of benzene rings is 2. The molecular weight excluding hydrogens is 395 g/mol. The molecule has 140 valence electrons. The highest BCUT2D eigenvalue weighted by Gasteiger charge is 2.18. The minimum Gasteiger partial charge on any atom is -0.449 e. The number of anilines is 1. The molecule has 0 aliphatic rings. The Bertz CT molecular complexity index is 914. The molecule has 0 aliphatic carbocycles. The summed E-state index contributed by atoms with van der Waals surface area (Å²) in [5.74, 6) is -1.41. The van der Waals surface area contributed by atoms with E-state index in [-0.39, 0.29) is 16.3 Å². The van der Waals surface area contributed by atoms with E-state index in [9.17, 15) is 19.7 Å². The number of nitro benzene ring substituents is 1. The molecule has 1 atom stereocenters. The molecule has 0 spiro atoms. The third-order valence-corrected chi connectivity index (χ3v) is 3.93. The lowest BCUT2D eigenvalue weighted by Gasteiger charge is -2.13. The van der Waals surface area contributed by atoms with Gasteiger partial charge in [-0.3, -0.25) is 14.9 Å². The average Bonchev–Trinajstić information content (AvgIpc) is 2.62. The Morgan fingerprint density at radius 1 is 1.22 bits per heavy atom. The van der Waals surface area contributed by atoms with Gasteiger partial charge in [-0.15, -0.1) is 0 Å². The number of carbonyl (C=O) groups is 2. The number of ether oxygens (including phenoxy) is 1. The Labute approximate surface area is 164 Å². The number of nitrogens with zero attached hydrogens (tertiary/aromatic N) is 1. The van der Waals surface area contributed by atoms with Crippen molar-refractivity contribution in [1.29, 1.82) is 0 Å². The van der Waals surface area contributed by atoms with Gasteiger partial charge in [0, 0.05) is 17.2 Å². The number of rotatable bonds is 6. The average molecular weight is 409 g/mol. The summed E-state index contributed by atoms with van der Waals surface area (Å²) >= 11 is 11.8. The van der Waals surface area contributed by atoms with E-state index in [4.69, 9.17) is 27.9 Å². The Kier molecular flexibility index (Phi) is 6.92. The predicted molar refractivity (Wildman–Crippen MR) is 103 cm³/mol. The van der Waals surface area contributed by atoms with E-state index in [1.165, 1.54) is 43.3 Å². The van der Waals surface area contributed by atoms with E-state index in [1.54, 1.807) is 12.1 Å². The zero-order valence-electron chi connectivity index (χ0n) is 14.0. The van der Waals surface area contributed by atoms with Crippen molar-refractivity contribution in [3.63, 3.8) is 0 Å². The Balaban J connectivity index is 1.98. The first-order chi connectivity index (χ1) is 12.8. The van der Waals surface area contributed by atoms with E-state index >= 15 is 0 Å². The van der Waals surface area contributed by atoms with Gasteiger partial charge in [-0.05, 0) is 37.3 Å². The van der Waals surface area contributed by atoms with Gasteiger partial charge in [0.05, 0.1) is 21.2 Å². The molecule has 0 saturated heterocycles. The van der Waals surface area contributed by atoms with Gasteiger partial charge >= 0.3 is 5.97 Å². The fourth-order valence-corrected chi connectivity index (χ4v) is 2.50. The van der Waals surface area contributed by atoms with E-state index in [2.05, 4.69) is 5.32 Å². The van der Waals surface area contributed by atoms with E-state index in [1.807, 2.05) is 0 Å². The molecule has 2 aromatic carbocycles. The molecule has 27 heavy (non-hydrogen) atoms. The number of nitrogens with one attached hydrogen (secondary N) is 1. The largest absolute Gasteiger partial charge is 0.449 e. The fraction of sp³-hybridized carbons (Fsp3) is 0.111. The maximum Gasteiger partial charge on any atom is 0.331 e. The highest BCUT2D eigenvalue weighted by atomic mass is 35.5. The van der Waals surface area contributed by atoms with Crippen LogP contribution in [-0.4, -0.2) is 22.9 Å². The van der Waals surface area contributed by atoms with Crippen LogP contribution in [0.15, 0.2) is 48.5 Å². The highest BCUT2D eigenvalue weighted by molar-refractivity contribution is 6.36. The van der Waals surface area contributed by atoms with Crippen molar-refractivity contribution >= 4 is 52.5 Å². The van der Waals surface area contributed by atoms with Crippen molar-refractivity contribution in [3.8, 4) is 0 Å². The molecule has 7 nitrogen and oxygen atoms in total. The van der Waals surface area contributed by atoms with Gasteiger partial charge in [0.2, 0.25) is 0 Å². The molecule has 0 bridgehead atoms. The summed E-state index contributed by atoms with van der Waals surface area (Å²) in [5.41, 5.74) is 0.415. The monoisotopic (exact) mass is 408 g/mol.